The topological polar surface area (TPSA) is 101 Å². The van der Waals surface area contributed by atoms with Gasteiger partial charge in [0.05, 0.1) is 5.25 Å². The molecule has 1 aliphatic carbocycles. The number of sulfone groups is 1. The molecule has 20 heavy (non-hydrogen) atoms. The Balaban J connectivity index is 2.51. The van der Waals surface area contributed by atoms with E-state index in [2.05, 4.69) is 5.32 Å². The summed E-state index contributed by atoms with van der Waals surface area (Å²) < 4.78 is 24.1. The number of rotatable bonds is 7. The third-order valence-electron chi connectivity index (χ3n) is 3.58. The molecule has 1 rings (SSSR count). The maximum absolute atomic E-state index is 12.0. The fourth-order valence-corrected chi connectivity index (χ4v) is 4.17. The van der Waals surface area contributed by atoms with E-state index in [9.17, 15) is 18.0 Å². The van der Waals surface area contributed by atoms with Crippen molar-refractivity contribution in [1.82, 2.24) is 5.32 Å². The number of aliphatic carboxylic acids is 1. The van der Waals surface area contributed by atoms with Crippen LogP contribution in [0.3, 0.4) is 0 Å². The molecule has 1 aliphatic rings. The lowest BCUT2D eigenvalue weighted by atomic mass is 9.98. The van der Waals surface area contributed by atoms with Gasteiger partial charge in [-0.1, -0.05) is 12.8 Å². The number of carbonyl (C=O) groups excluding carboxylic acids is 1. The fraction of sp³-hybridized carbons (Fsp3) is 0.846. The smallest absolute Gasteiger partial charge is 0.303 e. The van der Waals surface area contributed by atoms with Gasteiger partial charge < -0.3 is 10.4 Å². The Morgan fingerprint density at radius 3 is 2.30 bits per heavy atom. The van der Waals surface area contributed by atoms with Crippen molar-refractivity contribution in [3.8, 4) is 0 Å². The van der Waals surface area contributed by atoms with Crippen molar-refractivity contribution in [2.45, 2.75) is 63.2 Å². The summed E-state index contributed by atoms with van der Waals surface area (Å²) in [7, 11) is -3.39. The van der Waals surface area contributed by atoms with E-state index in [0.29, 0.717) is 12.8 Å². The molecule has 2 N–H and O–H groups in total. The first kappa shape index (κ1) is 16.9. The van der Waals surface area contributed by atoms with Crippen LogP contribution >= 0.6 is 0 Å². The molecule has 0 atom stereocenters. The SMILES string of the molecule is CC(C)(CCC(=O)O)NC(=O)CS(=O)(=O)C1CCCC1. The van der Waals surface area contributed by atoms with E-state index in [-0.39, 0.29) is 12.8 Å². The molecule has 0 spiro atoms. The lowest BCUT2D eigenvalue weighted by molar-refractivity contribution is -0.137. The van der Waals surface area contributed by atoms with Crippen LogP contribution in [0.25, 0.3) is 0 Å². The first-order valence-corrected chi connectivity index (χ1v) is 8.58. The van der Waals surface area contributed by atoms with Gasteiger partial charge in [-0.05, 0) is 33.1 Å². The number of hydrogen-bond acceptors (Lipinski definition) is 4. The van der Waals surface area contributed by atoms with Gasteiger partial charge in [0.15, 0.2) is 9.84 Å². The molecule has 0 radical (unpaired) electrons. The molecule has 0 aliphatic heterocycles. The summed E-state index contributed by atoms with van der Waals surface area (Å²) in [5, 5.41) is 10.8. The van der Waals surface area contributed by atoms with Crippen LogP contribution in [0.1, 0.15) is 52.4 Å². The molecule has 0 aromatic carbocycles. The molecule has 0 unspecified atom stereocenters. The molecule has 1 saturated carbocycles. The molecule has 0 bridgehead atoms. The van der Waals surface area contributed by atoms with Crippen molar-refractivity contribution in [3.05, 3.63) is 0 Å². The van der Waals surface area contributed by atoms with E-state index in [0.717, 1.165) is 12.8 Å². The van der Waals surface area contributed by atoms with Crippen LogP contribution < -0.4 is 5.32 Å². The van der Waals surface area contributed by atoms with Gasteiger partial charge in [0.1, 0.15) is 5.75 Å². The lowest BCUT2D eigenvalue weighted by Gasteiger charge is -2.26. The highest BCUT2D eigenvalue weighted by Crippen LogP contribution is 2.25. The summed E-state index contributed by atoms with van der Waals surface area (Å²) >= 11 is 0. The van der Waals surface area contributed by atoms with Crippen molar-refractivity contribution in [2.75, 3.05) is 5.75 Å². The second-order valence-electron chi connectivity index (χ2n) is 6.04. The third-order valence-corrected chi connectivity index (χ3v) is 5.74. The first-order chi connectivity index (χ1) is 9.12. The zero-order valence-corrected chi connectivity index (χ0v) is 12.8. The number of carbonyl (C=O) groups is 2. The molecule has 0 saturated heterocycles. The summed E-state index contributed by atoms with van der Waals surface area (Å²) in [6.45, 7) is 3.38. The van der Waals surface area contributed by atoms with Crippen LogP contribution in [0.4, 0.5) is 0 Å². The summed E-state index contributed by atoms with van der Waals surface area (Å²) in [5.74, 6) is -1.99. The van der Waals surface area contributed by atoms with E-state index in [4.69, 9.17) is 5.11 Å². The second kappa shape index (κ2) is 6.56. The molecule has 0 aromatic heterocycles. The summed E-state index contributed by atoms with van der Waals surface area (Å²) in [6, 6.07) is 0. The van der Waals surface area contributed by atoms with E-state index in [1.807, 2.05) is 0 Å². The van der Waals surface area contributed by atoms with Crippen molar-refractivity contribution in [2.24, 2.45) is 0 Å². The van der Waals surface area contributed by atoms with Crippen LogP contribution in [0.15, 0.2) is 0 Å². The quantitative estimate of drug-likeness (QED) is 0.733. The van der Waals surface area contributed by atoms with Crippen molar-refractivity contribution >= 4 is 21.7 Å². The second-order valence-corrected chi connectivity index (χ2v) is 8.32. The molecular formula is C13H23NO5S. The summed E-state index contributed by atoms with van der Waals surface area (Å²) in [5.41, 5.74) is -0.722. The molecule has 0 heterocycles. The highest BCUT2D eigenvalue weighted by atomic mass is 32.2. The monoisotopic (exact) mass is 305 g/mol. The van der Waals surface area contributed by atoms with Gasteiger partial charge in [0.25, 0.3) is 0 Å². The van der Waals surface area contributed by atoms with Gasteiger partial charge in [-0.25, -0.2) is 8.42 Å². The van der Waals surface area contributed by atoms with Gasteiger partial charge in [-0.15, -0.1) is 0 Å². The molecule has 1 amide bonds. The van der Waals surface area contributed by atoms with E-state index >= 15 is 0 Å². The average Bonchev–Trinajstić information content (AvgIpc) is 2.78. The third kappa shape index (κ3) is 5.48. The van der Waals surface area contributed by atoms with E-state index in [1.165, 1.54) is 0 Å². The number of carboxylic acids is 1. The van der Waals surface area contributed by atoms with Gasteiger partial charge >= 0.3 is 5.97 Å². The van der Waals surface area contributed by atoms with Gasteiger partial charge in [-0.3, -0.25) is 9.59 Å². The molecule has 0 aromatic rings. The van der Waals surface area contributed by atoms with E-state index < -0.39 is 38.3 Å². The predicted octanol–water partition coefficient (Wildman–Crippen LogP) is 1.10. The van der Waals surface area contributed by atoms with Gasteiger partial charge in [-0.2, -0.15) is 0 Å². The molecule has 1 fully saturated rings. The number of nitrogens with one attached hydrogen (secondary N) is 1. The van der Waals surface area contributed by atoms with E-state index in [1.54, 1.807) is 13.8 Å². The Morgan fingerprint density at radius 2 is 1.80 bits per heavy atom. The number of hydrogen-bond donors (Lipinski definition) is 2. The van der Waals surface area contributed by atoms with Crippen molar-refractivity contribution in [3.63, 3.8) is 0 Å². The number of amides is 1. The van der Waals surface area contributed by atoms with Crippen molar-refractivity contribution in [1.29, 1.82) is 0 Å². The minimum atomic E-state index is -3.39. The molecule has 116 valence electrons. The van der Waals surface area contributed by atoms with Crippen LogP contribution in [-0.2, 0) is 19.4 Å². The zero-order chi connectivity index (χ0) is 15.4. The highest BCUT2D eigenvalue weighted by Gasteiger charge is 2.32. The van der Waals surface area contributed by atoms with Crippen LogP contribution in [0.5, 0.6) is 0 Å². The van der Waals surface area contributed by atoms with Gasteiger partial charge in [0.2, 0.25) is 5.91 Å². The van der Waals surface area contributed by atoms with Gasteiger partial charge in [0, 0.05) is 12.0 Å². The lowest BCUT2D eigenvalue weighted by Crippen LogP contribution is -2.46. The number of carboxylic acid groups (broad SMARTS) is 1. The van der Waals surface area contributed by atoms with Crippen LogP contribution in [0, 0.1) is 0 Å². The molecule has 6 nitrogen and oxygen atoms in total. The van der Waals surface area contributed by atoms with Crippen LogP contribution in [-0.4, -0.2) is 41.9 Å². The highest BCUT2D eigenvalue weighted by molar-refractivity contribution is 7.92. The molecular weight excluding hydrogens is 282 g/mol. The Labute approximate surface area is 119 Å². The van der Waals surface area contributed by atoms with Crippen LogP contribution in [0.2, 0.25) is 0 Å². The fourth-order valence-electron chi connectivity index (χ4n) is 2.44. The maximum atomic E-state index is 12.0. The average molecular weight is 305 g/mol. The maximum Gasteiger partial charge on any atom is 0.303 e. The standard InChI is InChI=1S/C13H23NO5S/c1-13(2,8-7-12(16)17)14-11(15)9-20(18,19)10-5-3-4-6-10/h10H,3-9H2,1-2H3,(H,14,15)(H,16,17). The minimum absolute atomic E-state index is 0.0668. The Hall–Kier alpha value is -1.11. The first-order valence-electron chi connectivity index (χ1n) is 6.87. The summed E-state index contributed by atoms with van der Waals surface area (Å²) in [6.07, 6.45) is 3.27. The zero-order valence-electron chi connectivity index (χ0n) is 12.0. The Bertz CT molecular complexity index is 463. The predicted molar refractivity (Wildman–Crippen MR) is 75.1 cm³/mol. The largest absolute Gasteiger partial charge is 0.481 e. The minimum Gasteiger partial charge on any atom is -0.481 e. The normalized spacial score (nSPS) is 17.1. The van der Waals surface area contributed by atoms with Crippen molar-refractivity contribution < 1.29 is 23.1 Å². The Morgan fingerprint density at radius 1 is 1.25 bits per heavy atom. The molecule has 7 heteroatoms. The Kier molecular flexibility index (Phi) is 5.56. The summed E-state index contributed by atoms with van der Waals surface area (Å²) in [4.78, 5) is 22.4.